The quantitative estimate of drug-likeness (QED) is 0.860. The van der Waals surface area contributed by atoms with E-state index < -0.39 is 10.0 Å². The molecule has 1 aliphatic rings. The first-order valence-corrected chi connectivity index (χ1v) is 7.84. The van der Waals surface area contributed by atoms with Crippen molar-refractivity contribution in [2.24, 2.45) is 7.05 Å². The van der Waals surface area contributed by atoms with Gasteiger partial charge in [0.25, 0.3) is 10.0 Å². The highest BCUT2D eigenvalue weighted by atomic mass is 32.2. The van der Waals surface area contributed by atoms with E-state index in [2.05, 4.69) is 15.1 Å². The zero-order chi connectivity index (χ0) is 14.2. The van der Waals surface area contributed by atoms with E-state index in [1.807, 2.05) is 18.2 Å². The van der Waals surface area contributed by atoms with E-state index in [-0.39, 0.29) is 11.6 Å². The maximum atomic E-state index is 12.1. The Kier molecular flexibility index (Phi) is 3.33. The molecule has 0 unspecified atom stereocenters. The van der Waals surface area contributed by atoms with Crippen LogP contribution in [0.15, 0.2) is 35.5 Å². The van der Waals surface area contributed by atoms with E-state index in [4.69, 9.17) is 0 Å². The predicted octanol–water partition coefficient (Wildman–Crippen LogP) is 0.502. The van der Waals surface area contributed by atoms with Crippen LogP contribution >= 0.6 is 0 Å². The third-order valence-corrected chi connectivity index (χ3v) is 4.89. The number of aromatic nitrogens is 2. The van der Waals surface area contributed by atoms with Crippen LogP contribution in [0.3, 0.4) is 0 Å². The van der Waals surface area contributed by atoms with Crippen LogP contribution in [0.2, 0.25) is 0 Å². The van der Waals surface area contributed by atoms with Crippen LogP contribution in [-0.4, -0.2) is 18.2 Å². The van der Waals surface area contributed by atoms with Gasteiger partial charge in [0, 0.05) is 26.7 Å². The summed E-state index contributed by atoms with van der Waals surface area (Å²) in [5.41, 5.74) is 3.48. The van der Waals surface area contributed by atoms with Crippen molar-refractivity contribution < 1.29 is 8.42 Å². The lowest BCUT2D eigenvalue weighted by Crippen LogP contribution is -2.25. The molecule has 0 saturated carbocycles. The van der Waals surface area contributed by atoms with Gasteiger partial charge in [0.1, 0.15) is 0 Å². The van der Waals surface area contributed by atoms with E-state index in [1.165, 1.54) is 28.1 Å². The molecule has 6 nitrogen and oxygen atoms in total. The fourth-order valence-corrected chi connectivity index (χ4v) is 3.48. The average Bonchev–Trinajstić information content (AvgIpc) is 3.04. The molecule has 20 heavy (non-hydrogen) atoms. The van der Waals surface area contributed by atoms with Crippen molar-refractivity contribution in [3.8, 4) is 0 Å². The molecule has 0 amide bonds. The number of hydrogen-bond donors (Lipinski definition) is 2. The Balaban J connectivity index is 1.75. The Morgan fingerprint density at radius 1 is 1.30 bits per heavy atom. The second-order valence-corrected chi connectivity index (χ2v) is 6.54. The standard InChI is InChI=1S/C13H16N4O2S/c1-17-13(4-5-15-17)20(18,19)16-7-10-2-3-11-8-14-9-12(11)6-10/h2-6,14,16H,7-9H2,1H3. The van der Waals surface area contributed by atoms with E-state index >= 15 is 0 Å². The molecule has 0 radical (unpaired) electrons. The summed E-state index contributed by atoms with van der Waals surface area (Å²) in [4.78, 5) is 0. The fourth-order valence-electron chi connectivity index (χ4n) is 2.34. The van der Waals surface area contributed by atoms with Crippen LogP contribution in [0.5, 0.6) is 0 Å². The van der Waals surface area contributed by atoms with E-state index in [1.54, 1.807) is 7.05 Å². The van der Waals surface area contributed by atoms with Crippen molar-refractivity contribution in [1.82, 2.24) is 19.8 Å². The summed E-state index contributed by atoms with van der Waals surface area (Å²) in [6, 6.07) is 7.52. The van der Waals surface area contributed by atoms with Crippen LogP contribution in [0.1, 0.15) is 16.7 Å². The predicted molar refractivity (Wildman–Crippen MR) is 74.2 cm³/mol. The van der Waals surface area contributed by atoms with Gasteiger partial charge in [0.15, 0.2) is 5.03 Å². The van der Waals surface area contributed by atoms with Gasteiger partial charge >= 0.3 is 0 Å². The van der Waals surface area contributed by atoms with Gasteiger partial charge in [-0.05, 0) is 22.8 Å². The minimum absolute atomic E-state index is 0.167. The van der Waals surface area contributed by atoms with Crippen LogP contribution in [0, 0.1) is 0 Å². The van der Waals surface area contributed by atoms with Crippen molar-refractivity contribution in [2.75, 3.05) is 0 Å². The van der Waals surface area contributed by atoms with Gasteiger partial charge < -0.3 is 5.32 Å². The molecule has 0 spiro atoms. The van der Waals surface area contributed by atoms with Crippen LogP contribution in [0.4, 0.5) is 0 Å². The summed E-state index contributed by atoms with van der Waals surface area (Å²) in [5.74, 6) is 0. The number of nitrogens with one attached hydrogen (secondary N) is 2. The Morgan fingerprint density at radius 3 is 2.85 bits per heavy atom. The molecule has 2 heterocycles. The number of rotatable bonds is 4. The lowest BCUT2D eigenvalue weighted by atomic mass is 10.1. The molecule has 2 aromatic rings. The first-order chi connectivity index (χ1) is 9.56. The molecule has 0 aliphatic carbocycles. The third-order valence-electron chi connectivity index (χ3n) is 3.42. The van der Waals surface area contributed by atoms with Crippen LogP contribution < -0.4 is 10.0 Å². The number of aryl methyl sites for hydroxylation is 1. The molecule has 106 valence electrons. The normalized spacial score (nSPS) is 14.4. The molecule has 1 aliphatic heterocycles. The second-order valence-electron chi connectivity index (χ2n) is 4.82. The van der Waals surface area contributed by atoms with E-state index in [0.717, 1.165) is 18.7 Å². The number of sulfonamides is 1. The van der Waals surface area contributed by atoms with Crippen molar-refractivity contribution in [1.29, 1.82) is 0 Å². The summed E-state index contributed by atoms with van der Waals surface area (Å²) >= 11 is 0. The summed E-state index contributed by atoms with van der Waals surface area (Å²) in [6.45, 7) is 2.01. The Labute approximate surface area is 117 Å². The Morgan fingerprint density at radius 2 is 2.10 bits per heavy atom. The highest BCUT2D eigenvalue weighted by Crippen LogP contribution is 2.17. The van der Waals surface area contributed by atoms with Crippen molar-refractivity contribution in [3.63, 3.8) is 0 Å². The lowest BCUT2D eigenvalue weighted by molar-refractivity contribution is 0.563. The average molecular weight is 292 g/mol. The first kappa shape index (κ1) is 13.3. The van der Waals surface area contributed by atoms with Crippen LogP contribution in [-0.2, 0) is 36.7 Å². The second kappa shape index (κ2) is 5.01. The zero-order valence-electron chi connectivity index (χ0n) is 11.1. The molecule has 0 fully saturated rings. The van der Waals surface area contributed by atoms with Gasteiger partial charge in [0.05, 0.1) is 6.20 Å². The van der Waals surface area contributed by atoms with Gasteiger partial charge in [-0.2, -0.15) is 5.10 Å². The number of hydrogen-bond acceptors (Lipinski definition) is 4. The van der Waals surface area contributed by atoms with Crippen molar-refractivity contribution >= 4 is 10.0 Å². The maximum absolute atomic E-state index is 12.1. The number of benzene rings is 1. The fraction of sp³-hybridized carbons (Fsp3) is 0.308. The van der Waals surface area contributed by atoms with Gasteiger partial charge in [-0.3, -0.25) is 4.68 Å². The highest BCUT2D eigenvalue weighted by Gasteiger charge is 2.18. The van der Waals surface area contributed by atoms with E-state index in [9.17, 15) is 8.42 Å². The maximum Gasteiger partial charge on any atom is 0.258 e. The zero-order valence-corrected chi connectivity index (χ0v) is 11.9. The third kappa shape index (κ3) is 2.47. The summed E-state index contributed by atoms with van der Waals surface area (Å²) in [7, 11) is -1.92. The molecule has 2 N–H and O–H groups in total. The first-order valence-electron chi connectivity index (χ1n) is 6.35. The molecule has 0 bridgehead atoms. The Bertz CT molecular complexity index is 737. The largest absolute Gasteiger partial charge is 0.309 e. The number of fused-ring (bicyclic) bond motifs is 1. The lowest BCUT2D eigenvalue weighted by Gasteiger charge is -2.08. The summed E-state index contributed by atoms with van der Waals surface area (Å²) in [5, 5.41) is 7.31. The van der Waals surface area contributed by atoms with Gasteiger partial charge in [-0.1, -0.05) is 18.2 Å². The summed E-state index contributed by atoms with van der Waals surface area (Å²) < 4.78 is 28.2. The van der Waals surface area contributed by atoms with Gasteiger partial charge in [-0.25, -0.2) is 13.1 Å². The van der Waals surface area contributed by atoms with Crippen molar-refractivity contribution in [2.45, 2.75) is 24.7 Å². The smallest absolute Gasteiger partial charge is 0.258 e. The SMILES string of the molecule is Cn1nccc1S(=O)(=O)NCc1ccc2c(c1)CNC2. The molecule has 0 saturated heterocycles. The summed E-state index contributed by atoms with van der Waals surface area (Å²) in [6.07, 6.45) is 1.47. The van der Waals surface area contributed by atoms with Gasteiger partial charge in [-0.15, -0.1) is 0 Å². The highest BCUT2D eigenvalue weighted by molar-refractivity contribution is 7.89. The minimum atomic E-state index is -3.53. The van der Waals surface area contributed by atoms with Crippen LogP contribution in [0.25, 0.3) is 0 Å². The van der Waals surface area contributed by atoms with Gasteiger partial charge in [0.2, 0.25) is 0 Å². The monoisotopic (exact) mass is 292 g/mol. The molecule has 7 heteroatoms. The number of nitrogens with zero attached hydrogens (tertiary/aromatic N) is 2. The topological polar surface area (TPSA) is 76.0 Å². The molecule has 1 aromatic carbocycles. The molecule has 1 aromatic heterocycles. The molecular weight excluding hydrogens is 276 g/mol. The molecule has 0 atom stereocenters. The van der Waals surface area contributed by atoms with Crippen molar-refractivity contribution in [3.05, 3.63) is 47.2 Å². The Hall–Kier alpha value is -1.70. The molecular formula is C13H16N4O2S. The molecule has 3 rings (SSSR count). The van der Waals surface area contributed by atoms with E-state index in [0.29, 0.717) is 0 Å². The minimum Gasteiger partial charge on any atom is -0.309 e.